The van der Waals surface area contributed by atoms with Crippen LogP contribution in [-0.4, -0.2) is 51.3 Å². The lowest BCUT2D eigenvalue weighted by Crippen LogP contribution is -2.53. The molecular weight excluding hydrogens is 418 g/mol. The number of nitrogens with zero attached hydrogens (tertiary/aromatic N) is 1. The van der Waals surface area contributed by atoms with Gasteiger partial charge in [0.15, 0.2) is 0 Å². The van der Waals surface area contributed by atoms with Gasteiger partial charge in [-0.25, -0.2) is 4.72 Å². The fourth-order valence-corrected chi connectivity index (χ4v) is 5.09. The molecule has 166 valence electrons. The average molecular weight is 446 g/mol. The van der Waals surface area contributed by atoms with Crippen molar-refractivity contribution < 1.29 is 22.7 Å². The summed E-state index contributed by atoms with van der Waals surface area (Å²) in [6, 6.07) is 16.8. The van der Waals surface area contributed by atoms with Crippen LogP contribution >= 0.6 is 0 Å². The summed E-state index contributed by atoms with van der Waals surface area (Å²) in [4.78, 5) is 24.1. The number of para-hydroxylation sites is 1. The summed E-state index contributed by atoms with van der Waals surface area (Å²) in [7, 11) is -2.35. The number of rotatable bonds is 7. The van der Waals surface area contributed by atoms with Gasteiger partial charge in [-0.3, -0.25) is 9.59 Å². The second-order valence-electron chi connectivity index (χ2n) is 7.59. The van der Waals surface area contributed by atoms with E-state index in [-0.39, 0.29) is 19.0 Å². The van der Waals surface area contributed by atoms with Gasteiger partial charge >= 0.3 is 10.2 Å². The van der Waals surface area contributed by atoms with Crippen molar-refractivity contribution in [2.45, 2.75) is 25.2 Å². The van der Waals surface area contributed by atoms with Crippen molar-refractivity contribution >= 4 is 22.0 Å². The third-order valence-corrected chi connectivity index (χ3v) is 7.21. The van der Waals surface area contributed by atoms with Gasteiger partial charge in [0.05, 0.1) is 12.7 Å². The summed E-state index contributed by atoms with van der Waals surface area (Å²) in [5.74, 6) is -0.380. The van der Waals surface area contributed by atoms with Crippen molar-refractivity contribution in [3.8, 4) is 5.75 Å². The Kier molecular flexibility index (Phi) is 6.97. The number of hydrogen-bond acceptors (Lipinski definition) is 5. The SMILES string of the molecule is COc1ccccc1C(=O)NCC1(c2ccccc2)CCN(S(=O)(=O)NC(C)=O)CC1. The molecule has 0 saturated carbocycles. The van der Waals surface area contributed by atoms with Crippen LogP contribution < -0.4 is 14.8 Å². The van der Waals surface area contributed by atoms with Gasteiger partial charge < -0.3 is 10.1 Å². The van der Waals surface area contributed by atoms with E-state index in [2.05, 4.69) is 5.32 Å². The Labute approximate surface area is 182 Å². The molecule has 0 spiro atoms. The topological polar surface area (TPSA) is 105 Å². The maximum atomic E-state index is 12.8. The first-order valence-corrected chi connectivity index (χ1v) is 11.5. The lowest BCUT2D eigenvalue weighted by Gasteiger charge is -2.41. The number of ether oxygens (including phenoxy) is 1. The number of carbonyl (C=O) groups excluding carboxylic acids is 2. The van der Waals surface area contributed by atoms with Gasteiger partial charge in [0, 0.05) is 32.0 Å². The molecule has 1 aliphatic heterocycles. The Morgan fingerprint density at radius 3 is 2.26 bits per heavy atom. The van der Waals surface area contributed by atoms with Gasteiger partial charge in [-0.2, -0.15) is 12.7 Å². The molecule has 8 nitrogen and oxygen atoms in total. The van der Waals surface area contributed by atoms with Gasteiger partial charge in [0.2, 0.25) is 5.91 Å². The van der Waals surface area contributed by atoms with Crippen molar-refractivity contribution in [2.24, 2.45) is 0 Å². The van der Waals surface area contributed by atoms with E-state index in [1.165, 1.54) is 18.3 Å². The Morgan fingerprint density at radius 1 is 1.03 bits per heavy atom. The number of benzene rings is 2. The minimum atomic E-state index is -3.87. The number of nitrogens with one attached hydrogen (secondary N) is 2. The molecule has 1 aliphatic rings. The van der Waals surface area contributed by atoms with E-state index in [0.717, 1.165) is 5.56 Å². The summed E-state index contributed by atoms with van der Waals surface area (Å²) in [6.07, 6.45) is 1.00. The molecule has 0 radical (unpaired) electrons. The molecule has 0 unspecified atom stereocenters. The third kappa shape index (κ3) is 5.23. The van der Waals surface area contributed by atoms with Crippen LogP contribution in [0.15, 0.2) is 54.6 Å². The quantitative estimate of drug-likeness (QED) is 0.677. The van der Waals surface area contributed by atoms with Crippen LogP contribution in [0.4, 0.5) is 0 Å². The summed E-state index contributed by atoms with van der Waals surface area (Å²) in [6.45, 7) is 2.00. The monoisotopic (exact) mass is 445 g/mol. The van der Waals surface area contributed by atoms with Gasteiger partial charge in [-0.15, -0.1) is 0 Å². The standard InChI is InChI=1S/C22H27N3O5S/c1-17(26)24-31(28,29)25-14-12-22(13-15-25,18-8-4-3-5-9-18)16-23-21(27)19-10-6-7-11-20(19)30-2/h3-11H,12-16H2,1-2H3,(H,23,27)(H,24,26). The van der Waals surface area contributed by atoms with Gasteiger partial charge in [0.1, 0.15) is 5.75 Å². The summed E-state index contributed by atoms with van der Waals surface area (Å²) >= 11 is 0. The van der Waals surface area contributed by atoms with E-state index in [4.69, 9.17) is 4.74 Å². The van der Waals surface area contributed by atoms with Crippen molar-refractivity contribution in [3.63, 3.8) is 0 Å². The first-order valence-electron chi connectivity index (χ1n) is 10.0. The number of methoxy groups -OCH3 is 1. The second-order valence-corrected chi connectivity index (χ2v) is 9.26. The largest absolute Gasteiger partial charge is 0.496 e. The van der Waals surface area contributed by atoms with Crippen LogP contribution in [0, 0.1) is 0 Å². The summed E-state index contributed by atoms with van der Waals surface area (Å²) in [5.41, 5.74) is 1.05. The Hall–Kier alpha value is -2.91. The minimum absolute atomic E-state index is 0.238. The highest BCUT2D eigenvalue weighted by Crippen LogP contribution is 2.36. The zero-order valence-electron chi connectivity index (χ0n) is 17.6. The van der Waals surface area contributed by atoms with E-state index in [1.807, 2.05) is 35.1 Å². The zero-order valence-corrected chi connectivity index (χ0v) is 18.4. The van der Waals surface area contributed by atoms with Crippen LogP contribution in [0.2, 0.25) is 0 Å². The lowest BCUT2D eigenvalue weighted by molar-refractivity contribution is -0.117. The third-order valence-electron chi connectivity index (χ3n) is 5.62. The van der Waals surface area contributed by atoms with Crippen molar-refractivity contribution in [1.82, 2.24) is 14.3 Å². The molecule has 3 rings (SSSR count). The highest BCUT2D eigenvalue weighted by atomic mass is 32.2. The second kappa shape index (κ2) is 9.49. The molecule has 0 aromatic heterocycles. The average Bonchev–Trinajstić information content (AvgIpc) is 2.77. The first-order chi connectivity index (χ1) is 14.8. The number of amides is 2. The molecule has 2 aromatic carbocycles. The molecule has 0 atom stereocenters. The van der Waals surface area contributed by atoms with Crippen molar-refractivity contribution in [1.29, 1.82) is 0 Å². The van der Waals surface area contributed by atoms with Crippen LogP contribution in [0.1, 0.15) is 35.7 Å². The normalized spacial score (nSPS) is 16.3. The van der Waals surface area contributed by atoms with E-state index < -0.39 is 21.5 Å². The Bertz CT molecular complexity index is 1030. The van der Waals surface area contributed by atoms with E-state index in [0.29, 0.717) is 30.7 Å². The smallest absolute Gasteiger partial charge is 0.303 e. The van der Waals surface area contributed by atoms with Crippen LogP contribution in [0.5, 0.6) is 5.75 Å². The molecule has 2 N–H and O–H groups in total. The zero-order chi connectivity index (χ0) is 22.5. The Morgan fingerprint density at radius 2 is 1.65 bits per heavy atom. The molecule has 0 bridgehead atoms. The van der Waals surface area contributed by atoms with E-state index in [1.54, 1.807) is 24.3 Å². The van der Waals surface area contributed by atoms with Gasteiger partial charge in [-0.05, 0) is 30.5 Å². The molecule has 9 heteroatoms. The lowest BCUT2D eigenvalue weighted by atomic mass is 9.73. The highest BCUT2D eigenvalue weighted by molar-refractivity contribution is 7.87. The summed E-state index contributed by atoms with van der Waals surface area (Å²) in [5, 5.41) is 3.01. The molecular formula is C22H27N3O5S. The summed E-state index contributed by atoms with van der Waals surface area (Å²) < 4.78 is 33.3. The predicted molar refractivity (Wildman–Crippen MR) is 117 cm³/mol. The molecule has 31 heavy (non-hydrogen) atoms. The maximum absolute atomic E-state index is 12.8. The molecule has 1 heterocycles. The van der Waals surface area contributed by atoms with Gasteiger partial charge in [0.25, 0.3) is 5.91 Å². The van der Waals surface area contributed by atoms with Gasteiger partial charge in [-0.1, -0.05) is 42.5 Å². The van der Waals surface area contributed by atoms with Crippen LogP contribution in [0.3, 0.4) is 0 Å². The molecule has 1 fully saturated rings. The Balaban J connectivity index is 1.79. The minimum Gasteiger partial charge on any atom is -0.496 e. The number of carbonyl (C=O) groups is 2. The molecule has 2 aromatic rings. The van der Waals surface area contributed by atoms with Crippen molar-refractivity contribution in [3.05, 3.63) is 65.7 Å². The fraction of sp³-hybridized carbons (Fsp3) is 0.364. The maximum Gasteiger partial charge on any atom is 0.303 e. The fourth-order valence-electron chi connectivity index (χ4n) is 3.94. The number of hydrogen-bond donors (Lipinski definition) is 2. The van der Waals surface area contributed by atoms with E-state index in [9.17, 15) is 18.0 Å². The van der Waals surface area contributed by atoms with Crippen LogP contribution in [0.25, 0.3) is 0 Å². The van der Waals surface area contributed by atoms with E-state index >= 15 is 0 Å². The van der Waals surface area contributed by atoms with Crippen molar-refractivity contribution in [2.75, 3.05) is 26.7 Å². The molecule has 1 saturated heterocycles. The highest BCUT2D eigenvalue weighted by Gasteiger charge is 2.40. The predicted octanol–water partition coefficient (Wildman–Crippen LogP) is 1.84. The molecule has 0 aliphatic carbocycles. The van der Waals surface area contributed by atoms with Crippen LogP contribution in [-0.2, 0) is 20.4 Å². The first kappa shape index (κ1) is 22.8. The number of piperidine rings is 1. The molecule has 2 amide bonds.